The summed E-state index contributed by atoms with van der Waals surface area (Å²) in [5, 5.41) is 13.3. The van der Waals surface area contributed by atoms with Crippen LogP contribution in [0.25, 0.3) is 44.8 Å². The minimum absolute atomic E-state index is 0.0127. The summed E-state index contributed by atoms with van der Waals surface area (Å²) in [7, 11) is -8.71. The topological polar surface area (TPSA) is 254 Å². The van der Waals surface area contributed by atoms with Crippen molar-refractivity contribution in [3.8, 4) is 44.8 Å². The minimum Gasteiger partial charge on any atom is -0.444 e. The van der Waals surface area contributed by atoms with E-state index in [1.165, 1.54) is 73.3 Å². The van der Waals surface area contributed by atoms with E-state index in [-0.39, 0.29) is 91.3 Å². The average molecular weight is 930 g/mol. The summed E-state index contributed by atoms with van der Waals surface area (Å²) < 4.78 is 98.5. The molecular weight excluding hydrogens is 881 g/mol. The van der Waals surface area contributed by atoms with Gasteiger partial charge in [-0.1, -0.05) is 62.4 Å². The second-order valence-corrected chi connectivity index (χ2v) is 20.1. The fourth-order valence-corrected chi connectivity index (χ4v) is 9.90. The van der Waals surface area contributed by atoms with Crippen LogP contribution in [0, 0.1) is 17.0 Å². The molecule has 8 N–H and O–H groups in total. The van der Waals surface area contributed by atoms with Crippen molar-refractivity contribution in [3.63, 3.8) is 0 Å². The summed E-state index contributed by atoms with van der Waals surface area (Å²) in [6.45, 7) is 7.45. The fourth-order valence-electron chi connectivity index (χ4n) is 7.01. The fraction of sp³-hybridized carbons (Fsp3) is 0.267. The molecular formula is C45H49F2N9O7S2. The van der Waals surface area contributed by atoms with E-state index in [1.54, 1.807) is 58.9 Å². The minimum atomic E-state index is -4.46. The molecule has 16 nitrogen and oxygen atoms in total. The first kappa shape index (κ1) is 48.0. The molecule has 0 unspecified atom stereocenters. The highest BCUT2D eigenvalue weighted by molar-refractivity contribution is 7.90. The molecule has 0 aliphatic carbocycles. The molecule has 2 heterocycles. The Hall–Kier alpha value is -6.45. The van der Waals surface area contributed by atoms with Gasteiger partial charge in [0.2, 0.25) is 20.0 Å². The molecule has 20 heteroatoms. The molecule has 1 atom stereocenters. The van der Waals surface area contributed by atoms with Gasteiger partial charge in [0.05, 0.1) is 58.6 Å². The van der Waals surface area contributed by atoms with E-state index in [9.17, 15) is 26.7 Å². The Morgan fingerprint density at radius 1 is 0.708 bits per heavy atom. The molecule has 0 fully saturated rings. The molecule has 6 rings (SSSR count). The van der Waals surface area contributed by atoms with Gasteiger partial charge in [0.25, 0.3) is 0 Å². The van der Waals surface area contributed by atoms with Gasteiger partial charge in [0.15, 0.2) is 0 Å². The Morgan fingerprint density at radius 2 is 1.28 bits per heavy atom. The van der Waals surface area contributed by atoms with Crippen LogP contribution in [0.4, 0.5) is 25.2 Å². The number of nitrogens with zero attached hydrogens (tertiary/aromatic N) is 4. The average Bonchev–Trinajstić information content (AvgIpc) is 3.24. The van der Waals surface area contributed by atoms with Crippen molar-refractivity contribution in [1.29, 1.82) is 0 Å². The highest BCUT2D eigenvalue weighted by Crippen LogP contribution is 2.39. The summed E-state index contributed by atoms with van der Waals surface area (Å²) in [5.74, 6) is -1.25. The lowest BCUT2D eigenvalue weighted by atomic mass is 9.77. The van der Waals surface area contributed by atoms with Gasteiger partial charge in [-0.25, -0.2) is 49.8 Å². The Morgan fingerprint density at radius 3 is 1.85 bits per heavy atom. The lowest BCUT2D eigenvalue weighted by Crippen LogP contribution is -2.48. The van der Waals surface area contributed by atoms with Gasteiger partial charge in [-0.3, -0.25) is 9.97 Å². The number of hydrogen-bond donors (Lipinski definition) is 6. The maximum absolute atomic E-state index is 16.7. The molecule has 6 aromatic rings. The number of nitrogens with two attached hydrogens (primary N) is 2. The number of carbonyl (C=O) groups excluding carboxylic acids is 1. The first-order chi connectivity index (χ1) is 30.6. The van der Waals surface area contributed by atoms with Crippen molar-refractivity contribution in [2.45, 2.75) is 62.5 Å². The van der Waals surface area contributed by atoms with Crippen molar-refractivity contribution in [2.24, 2.45) is 5.41 Å². The van der Waals surface area contributed by atoms with Gasteiger partial charge in [0.1, 0.15) is 28.9 Å². The third-order valence-corrected chi connectivity index (χ3v) is 13.2. The molecule has 0 radical (unpaired) electrons. The molecule has 0 aliphatic rings. The maximum Gasteiger partial charge on any atom is 0.407 e. The lowest BCUT2D eigenvalue weighted by Gasteiger charge is -2.34. The summed E-state index contributed by atoms with van der Waals surface area (Å²) in [6, 6.07) is 17.7. The number of halogens is 2. The molecule has 4 aromatic carbocycles. The van der Waals surface area contributed by atoms with Crippen LogP contribution in [0.5, 0.6) is 0 Å². The zero-order valence-electron chi connectivity index (χ0n) is 36.1. The number of aliphatic hydroxyl groups excluding tert-OH is 1. The van der Waals surface area contributed by atoms with Crippen molar-refractivity contribution in [2.75, 3.05) is 31.2 Å². The van der Waals surface area contributed by atoms with Crippen LogP contribution in [0.15, 0.2) is 113 Å². The number of amides is 1. The number of aromatic nitrogens is 4. The van der Waals surface area contributed by atoms with Crippen molar-refractivity contribution >= 4 is 37.8 Å². The number of rotatable bonds is 16. The Labute approximate surface area is 376 Å². The molecule has 0 saturated heterocycles. The molecule has 0 aliphatic heterocycles. The molecule has 1 amide bonds. The lowest BCUT2D eigenvalue weighted by molar-refractivity contribution is 0.0528. The predicted molar refractivity (Wildman–Crippen MR) is 243 cm³/mol. The van der Waals surface area contributed by atoms with Gasteiger partial charge in [-0.2, -0.15) is 0 Å². The number of benzene rings is 4. The largest absolute Gasteiger partial charge is 0.444 e. The van der Waals surface area contributed by atoms with Crippen LogP contribution in [0.2, 0.25) is 0 Å². The number of nitrogen functional groups attached to an aromatic ring is 2. The van der Waals surface area contributed by atoms with Crippen LogP contribution in [0.1, 0.15) is 40.2 Å². The van der Waals surface area contributed by atoms with E-state index in [1.807, 2.05) is 0 Å². The number of alkyl carbamates (subject to hydrolysis) is 1. The van der Waals surface area contributed by atoms with Crippen molar-refractivity contribution in [1.82, 2.24) is 34.7 Å². The van der Waals surface area contributed by atoms with Gasteiger partial charge >= 0.3 is 6.09 Å². The monoisotopic (exact) mass is 929 g/mol. The van der Waals surface area contributed by atoms with Gasteiger partial charge < -0.3 is 26.6 Å². The van der Waals surface area contributed by atoms with E-state index in [0.717, 1.165) is 6.07 Å². The highest BCUT2D eigenvalue weighted by atomic mass is 32.2. The van der Waals surface area contributed by atoms with Crippen LogP contribution < -0.4 is 26.2 Å². The smallest absolute Gasteiger partial charge is 0.407 e. The summed E-state index contributed by atoms with van der Waals surface area (Å²) in [6.07, 6.45) is 4.32. The van der Waals surface area contributed by atoms with Crippen LogP contribution in [-0.4, -0.2) is 79.3 Å². The zero-order valence-corrected chi connectivity index (χ0v) is 37.8. The molecule has 342 valence electrons. The van der Waals surface area contributed by atoms with E-state index in [2.05, 4.69) is 34.7 Å². The van der Waals surface area contributed by atoms with Gasteiger partial charge in [-0.05, 0) is 79.6 Å². The van der Waals surface area contributed by atoms with E-state index in [0.29, 0.717) is 0 Å². The van der Waals surface area contributed by atoms with Gasteiger partial charge in [0, 0.05) is 35.3 Å². The highest BCUT2D eigenvalue weighted by Gasteiger charge is 2.36. The number of hydrogen-bond acceptors (Lipinski definition) is 13. The maximum atomic E-state index is 16.7. The van der Waals surface area contributed by atoms with Crippen LogP contribution in [0.3, 0.4) is 0 Å². The second kappa shape index (κ2) is 19.3. The summed E-state index contributed by atoms with van der Waals surface area (Å²) >= 11 is 0. The number of nitrogens with one attached hydrogen (secondary N) is 3. The molecule has 0 spiro atoms. The zero-order chi connectivity index (χ0) is 47.3. The number of ether oxygens (including phenoxy) is 1. The molecule has 0 saturated carbocycles. The standard InChI is InChI=1S/C45H49F2N9O7S2/c1-44(2,3)63-43(58)50-16-17-55-64(59,60)37-12-8-7-11-31(37)28-18-29(42(34(47)20-28)36-23-54-41(49)25-52-36)21-45(4,5)39(26-57)56-65(61,62)38-13-9-6-10-30(38)27-14-15-32(33(46)19-27)35-22-53-40(48)24-51-35/h6-15,18-20,22-25,39,55-57H,16-17,21,26H2,1-5H3,(H2,48,53)(H2,49,54)(H,50,58)/t39-/m0/s1. The van der Waals surface area contributed by atoms with E-state index in [4.69, 9.17) is 16.2 Å². The van der Waals surface area contributed by atoms with Crippen LogP contribution >= 0.6 is 0 Å². The Bertz CT molecular complexity index is 2920. The summed E-state index contributed by atoms with van der Waals surface area (Å²) in [5.41, 5.74) is 10.9. The SMILES string of the molecule is CC(C)(C)OC(=O)NCCNS(=O)(=O)c1ccccc1-c1cc(F)c(-c2cnc(N)cn2)c(CC(C)(C)[C@H](CO)NS(=O)(=O)c2ccccc2-c2ccc(-c3cnc(N)cn3)c(F)c2)c1. The number of sulfonamides is 2. The van der Waals surface area contributed by atoms with Crippen LogP contribution in [-0.2, 0) is 31.2 Å². The molecule has 2 aromatic heterocycles. The van der Waals surface area contributed by atoms with E-state index < -0.39 is 61.4 Å². The number of aliphatic hydroxyl groups is 1. The summed E-state index contributed by atoms with van der Waals surface area (Å²) in [4.78, 5) is 28.2. The first-order valence-corrected chi connectivity index (χ1v) is 23.1. The quantitative estimate of drug-likeness (QED) is 0.0602. The molecule has 65 heavy (non-hydrogen) atoms. The third-order valence-electron chi connectivity index (χ3n) is 10.1. The number of anilines is 2. The normalized spacial score (nSPS) is 12.7. The number of carbonyl (C=O) groups is 1. The third kappa shape index (κ3) is 11.6. The first-order valence-electron chi connectivity index (χ1n) is 20.1. The van der Waals surface area contributed by atoms with Gasteiger partial charge in [-0.15, -0.1) is 0 Å². The predicted octanol–water partition coefficient (Wildman–Crippen LogP) is 6.09. The second-order valence-electron chi connectivity index (χ2n) is 16.7. The van der Waals surface area contributed by atoms with Crippen molar-refractivity contribution in [3.05, 3.63) is 121 Å². The Balaban J connectivity index is 1.32. The Kier molecular flexibility index (Phi) is 14.3. The van der Waals surface area contributed by atoms with E-state index >= 15 is 8.78 Å². The molecule has 0 bridgehead atoms. The van der Waals surface area contributed by atoms with Crippen molar-refractivity contribution < 1.29 is 40.3 Å².